The fourth-order valence-electron chi connectivity index (χ4n) is 3.45. The Morgan fingerprint density at radius 2 is 1.79 bits per heavy atom. The first-order chi connectivity index (χ1) is 16.0. The Balaban J connectivity index is 1.32. The molecule has 1 unspecified atom stereocenters. The quantitative estimate of drug-likeness (QED) is 0.336. The van der Waals surface area contributed by atoms with E-state index in [0.29, 0.717) is 22.9 Å². The Bertz CT molecular complexity index is 1190. The third-order valence-electron chi connectivity index (χ3n) is 5.32. The summed E-state index contributed by atoms with van der Waals surface area (Å²) >= 11 is 1.21. The number of benzene rings is 3. The number of aromatic nitrogens is 2. The van der Waals surface area contributed by atoms with Gasteiger partial charge < -0.3 is 10.1 Å². The van der Waals surface area contributed by atoms with Gasteiger partial charge in [0.2, 0.25) is 0 Å². The van der Waals surface area contributed by atoms with E-state index < -0.39 is 0 Å². The number of amides is 1. The van der Waals surface area contributed by atoms with E-state index in [1.54, 1.807) is 12.1 Å². The minimum absolute atomic E-state index is 0.0646. The van der Waals surface area contributed by atoms with Crippen molar-refractivity contribution in [3.63, 3.8) is 0 Å². The van der Waals surface area contributed by atoms with Crippen molar-refractivity contribution in [1.29, 1.82) is 0 Å². The van der Waals surface area contributed by atoms with Crippen molar-refractivity contribution in [3.05, 3.63) is 107 Å². The van der Waals surface area contributed by atoms with Gasteiger partial charge in [0.25, 0.3) is 11.1 Å². The Hall–Kier alpha value is -3.51. The maximum absolute atomic E-state index is 12.7. The monoisotopic (exact) mass is 457 g/mol. The first kappa shape index (κ1) is 22.7. The lowest BCUT2D eigenvalue weighted by Gasteiger charge is -2.14. The SMILES string of the molecule is Cc1ccc(Cc2nsc(Oc3cccc(C(=O)NC(C)CCc4ccccc4)c3)n2)cc1. The normalized spacial score (nSPS) is 11.7. The summed E-state index contributed by atoms with van der Waals surface area (Å²) in [6.45, 7) is 4.09. The molecule has 0 fully saturated rings. The minimum Gasteiger partial charge on any atom is -0.430 e. The van der Waals surface area contributed by atoms with Crippen molar-refractivity contribution < 1.29 is 9.53 Å². The highest BCUT2D eigenvalue weighted by atomic mass is 32.1. The second-order valence-electron chi connectivity index (χ2n) is 8.17. The molecule has 0 saturated heterocycles. The molecule has 1 atom stereocenters. The average molecular weight is 458 g/mol. The molecule has 5 nitrogen and oxygen atoms in total. The third kappa shape index (κ3) is 6.73. The zero-order valence-corrected chi connectivity index (χ0v) is 19.6. The van der Waals surface area contributed by atoms with Crippen LogP contribution in [0.5, 0.6) is 10.9 Å². The number of carbonyl (C=O) groups is 1. The largest absolute Gasteiger partial charge is 0.430 e. The third-order valence-corrected chi connectivity index (χ3v) is 5.95. The first-order valence-electron chi connectivity index (χ1n) is 11.1. The average Bonchev–Trinajstić information content (AvgIpc) is 3.26. The van der Waals surface area contributed by atoms with Gasteiger partial charge in [0.1, 0.15) is 5.75 Å². The van der Waals surface area contributed by atoms with E-state index in [1.165, 1.54) is 22.7 Å². The summed E-state index contributed by atoms with van der Waals surface area (Å²) in [5.74, 6) is 1.18. The topological polar surface area (TPSA) is 64.1 Å². The van der Waals surface area contributed by atoms with E-state index in [-0.39, 0.29) is 11.9 Å². The molecular weight excluding hydrogens is 430 g/mol. The molecule has 1 amide bonds. The van der Waals surface area contributed by atoms with Crippen LogP contribution < -0.4 is 10.1 Å². The van der Waals surface area contributed by atoms with E-state index in [9.17, 15) is 4.79 Å². The van der Waals surface area contributed by atoms with Crippen LogP contribution in [-0.4, -0.2) is 21.3 Å². The van der Waals surface area contributed by atoms with Gasteiger partial charge in [-0.1, -0.05) is 66.2 Å². The predicted octanol–water partition coefficient (Wildman–Crippen LogP) is 5.98. The van der Waals surface area contributed by atoms with E-state index in [1.807, 2.05) is 37.3 Å². The van der Waals surface area contributed by atoms with Crippen LogP contribution in [0, 0.1) is 6.92 Å². The molecule has 1 heterocycles. The molecule has 3 aromatic carbocycles. The van der Waals surface area contributed by atoms with Crippen LogP contribution in [0.25, 0.3) is 0 Å². The molecule has 6 heteroatoms. The number of nitrogens with one attached hydrogen (secondary N) is 1. The van der Waals surface area contributed by atoms with E-state index >= 15 is 0 Å². The highest BCUT2D eigenvalue weighted by molar-refractivity contribution is 7.07. The first-order valence-corrected chi connectivity index (χ1v) is 11.8. The minimum atomic E-state index is -0.113. The maximum Gasteiger partial charge on any atom is 0.298 e. The van der Waals surface area contributed by atoms with Crippen molar-refractivity contribution in [1.82, 2.24) is 14.7 Å². The molecule has 0 aliphatic heterocycles. The smallest absolute Gasteiger partial charge is 0.298 e. The Kier molecular flexibility index (Phi) is 7.47. The molecule has 33 heavy (non-hydrogen) atoms. The van der Waals surface area contributed by atoms with Gasteiger partial charge in [-0.3, -0.25) is 4.79 Å². The molecule has 0 aliphatic carbocycles. The van der Waals surface area contributed by atoms with Gasteiger partial charge in [0, 0.05) is 29.6 Å². The van der Waals surface area contributed by atoms with Gasteiger partial charge in [-0.15, -0.1) is 0 Å². The van der Waals surface area contributed by atoms with Gasteiger partial charge in [0.05, 0.1) is 0 Å². The molecule has 1 aromatic heterocycles. The summed E-state index contributed by atoms with van der Waals surface area (Å²) in [4.78, 5) is 17.2. The van der Waals surface area contributed by atoms with E-state index in [0.717, 1.165) is 24.2 Å². The molecule has 0 saturated carbocycles. The summed E-state index contributed by atoms with van der Waals surface area (Å²) in [7, 11) is 0. The molecule has 4 rings (SSSR count). The standard InChI is InChI=1S/C27H27N3O2S/c1-19-11-14-22(15-12-19)17-25-29-27(33-30-25)32-24-10-6-9-23(18-24)26(31)28-20(2)13-16-21-7-4-3-5-8-21/h3-12,14-15,18,20H,13,16-17H2,1-2H3,(H,28,31). The molecule has 0 radical (unpaired) electrons. The molecule has 0 bridgehead atoms. The number of hydrogen-bond donors (Lipinski definition) is 1. The van der Waals surface area contributed by atoms with Crippen LogP contribution in [-0.2, 0) is 12.8 Å². The number of carbonyl (C=O) groups excluding carboxylic acids is 1. The fourth-order valence-corrected chi connectivity index (χ4v) is 4.02. The van der Waals surface area contributed by atoms with Crippen molar-refractivity contribution in [3.8, 4) is 10.9 Å². The van der Waals surface area contributed by atoms with Gasteiger partial charge in [-0.05, 0) is 56.0 Å². The Morgan fingerprint density at radius 1 is 1.00 bits per heavy atom. The van der Waals surface area contributed by atoms with Gasteiger partial charge >= 0.3 is 0 Å². The molecule has 0 spiro atoms. The summed E-state index contributed by atoms with van der Waals surface area (Å²) in [6.07, 6.45) is 2.46. The van der Waals surface area contributed by atoms with Crippen LogP contribution in [0.2, 0.25) is 0 Å². The molecule has 4 aromatic rings. The summed E-state index contributed by atoms with van der Waals surface area (Å²) < 4.78 is 10.3. The van der Waals surface area contributed by atoms with Crippen LogP contribution in [0.15, 0.2) is 78.9 Å². The zero-order valence-electron chi connectivity index (χ0n) is 18.8. The lowest BCUT2D eigenvalue weighted by Crippen LogP contribution is -2.32. The summed E-state index contributed by atoms with van der Waals surface area (Å²) in [5.41, 5.74) is 4.21. The van der Waals surface area contributed by atoms with Crippen molar-refractivity contribution in [2.24, 2.45) is 0 Å². The predicted molar refractivity (Wildman–Crippen MR) is 132 cm³/mol. The van der Waals surface area contributed by atoms with Crippen molar-refractivity contribution >= 4 is 17.4 Å². The highest BCUT2D eigenvalue weighted by Gasteiger charge is 2.12. The van der Waals surface area contributed by atoms with Crippen LogP contribution in [0.1, 0.15) is 46.2 Å². The molecule has 168 valence electrons. The van der Waals surface area contributed by atoms with Crippen LogP contribution >= 0.6 is 11.5 Å². The summed E-state index contributed by atoms with van der Waals surface area (Å²) in [6, 6.07) is 25.8. The number of aryl methyl sites for hydroxylation is 2. The highest BCUT2D eigenvalue weighted by Crippen LogP contribution is 2.25. The lowest BCUT2D eigenvalue weighted by molar-refractivity contribution is 0.0938. The van der Waals surface area contributed by atoms with Crippen molar-refractivity contribution in [2.45, 2.75) is 39.2 Å². The maximum atomic E-state index is 12.7. The van der Waals surface area contributed by atoms with Crippen LogP contribution in [0.4, 0.5) is 0 Å². The fraction of sp³-hybridized carbons (Fsp3) is 0.222. The second kappa shape index (κ2) is 10.9. The van der Waals surface area contributed by atoms with Gasteiger partial charge in [-0.2, -0.15) is 9.36 Å². The van der Waals surface area contributed by atoms with E-state index in [4.69, 9.17) is 4.74 Å². The second-order valence-corrected chi connectivity index (χ2v) is 8.88. The number of ether oxygens (including phenoxy) is 1. The number of rotatable bonds is 9. The van der Waals surface area contributed by atoms with Crippen LogP contribution in [0.3, 0.4) is 0 Å². The lowest BCUT2D eigenvalue weighted by atomic mass is 10.1. The zero-order chi connectivity index (χ0) is 23.0. The summed E-state index contributed by atoms with van der Waals surface area (Å²) in [5, 5.41) is 3.54. The Morgan fingerprint density at radius 3 is 2.58 bits per heavy atom. The van der Waals surface area contributed by atoms with E-state index in [2.05, 4.69) is 58.0 Å². The number of nitrogens with zero attached hydrogens (tertiary/aromatic N) is 2. The van der Waals surface area contributed by atoms with Crippen molar-refractivity contribution in [2.75, 3.05) is 0 Å². The Labute approximate surface area is 198 Å². The molecule has 1 N–H and O–H groups in total. The molecular formula is C27H27N3O2S. The number of hydrogen-bond acceptors (Lipinski definition) is 5. The molecule has 0 aliphatic rings. The van der Waals surface area contributed by atoms with Gasteiger partial charge in [-0.25, -0.2) is 0 Å². The van der Waals surface area contributed by atoms with Gasteiger partial charge in [0.15, 0.2) is 5.82 Å².